The second-order valence-corrected chi connectivity index (χ2v) is 5.57. The number of benzene rings is 1. The quantitative estimate of drug-likeness (QED) is 0.801. The van der Waals surface area contributed by atoms with Crippen molar-refractivity contribution >= 4 is 11.9 Å². The number of rotatable bonds is 4. The second kappa shape index (κ2) is 7.60. The van der Waals surface area contributed by atoms with Gasteiger partial charge in [0.05, 0.1) is 17.2 Å². The van der Waals surface area contributed by atoms with Crippen LogP contribution in [0.2, 0.25) is 0 Å². The molecule has 1 saturated carbocycles. The van der Waals surface area contributed by atoms with Crippen molar-refractivity contribution in [2.45, 2.75) is 38.1 Å². The molecule has 0 atom stereocenters. The fraction of sp³-hybridized carbons (Fsp3) is 0.471. The molecule has 0 saturated heterocycles. The number of ether oxygens (including phenoxy) is 1. The van der Waals surface area contributed by atoms with Gasteiger partial charge in [0.25, 0.3) is 5.91 Å². The number of carbonyl (C=O) groups excluding carboxylic acids is 2. The molecule has 0 bridgehead atoms. The summed E-state index contributed by atoms with van der Waals surface area (Å²) in [6, 6.07) is 8.47. The van der Waals surface area contributed by atoms with Gasteiger partial charge in [0.1, 0.15) is 0 Å². The monoisotopic (exact) mass is 300 g/mol. The number of esters is 1. The molecule has 0 spiro atoms. The van der Waals surface area contributed by atoms with Gasteiger partial charge in [-0.05, 0) is 31.0 Å². The van der Waals surface area contributed by atoms with Crippen LogP contribution in [-0.4, -0.2) is 36.5 Å². The van der Waals surface area contributed by atoms with Gasteiger partial charge in [-0.15, -0.1) is 0 Å². The number of hydrogen-bond donors (Lipinski definition) is 0. The number of carbonyl (C=O) groups is 2. The van der Waals surface area contributed by atoms with Gasteiger partial charge in [-0.25, -0.2) is 4.79 Å². The fourth-order valence-corrected chi connectivity index (χ4v) is 2.70. The van der Waals surface area contributed by atoms with Gasteiger partial charge in [0.15, 0.2) is 6.61 Å². The maximum absolute atomic E-state index is 12.1. The van der Waals surface area contributed by atoms with E-state index in [1.54, 1.807) is 30.1 Å². The van der Waals surface area contributed by atoms with Crippen molar-refractivity contribution in [1.82, 2.24) is 4.90 Å². The zero-order valence-electron chi connectivity index (χ0n) is 12.7. The molecule has 1 fully saturated rings. The van der Waals surface area contributed by atoms with Crippen molar-refractivity contribution in [3.05, 3.63) is 35.4 Å². The molecule has 2 rings (SSSR count). The SMILES string of the molecule is CN(C(=O)COC(=O)c1cccc(C#N)c1)C1CCCCC1. The summed E-state index contributed by atoms with van der Waals surface area (Å²) in [6.07, 6.45) is 5.54. The highest BCUT2D eigenvalue weighted by Gasteiger charge is 2.23. The van der Waals surface area contributed by atoms with E-state index in [1.807, 2.05) is 6.07 Å². The first-order valence-electron chi connectivity index (χ1n) is 7.55. The smallest absolute Gasteiger partial charge is 0.338 e. The first-order valence-corrected chi connectivity index (χ1v) is 7.55. The Hall–Kier alpha value is -2.35. The molecule has 0 aromatic heterocycles. The van der Waals surface area contributed by atoms with E-state index in [0.717, 1.165) is 25.7 Å². The average Bonchev–Trinajstić information content (AvgIpc) is 2.59. The molecule has 0 aliphatic heterocycles. The maximum Gasteiger partial charge on any atom is 0.338 e. The van der Waals surface area contributed by atoms with Gasteiger partial charge in [-0.2, -0.15) is 5.26 Å². The summed E-state index contributed by atoms with van der Waals surface area (Å²) in [7, 11) is 1.77. The van der Waals surface area contributed by atoms with E-state index in [2.05, 4.69) is 0 Å². The number of nitrogens with zero attached hydrogens (tertiary/aromatic N) is 2. The van der Waals surface area contributed by atoms with Gasteiger partial charge in [-0.3, -0.25) is 4.79 Å². The lowest BCUT2D eigenvalue weighted by Crippen LogP contribution is -2.40. The molecule has 0 heterocycles. The zero-order chi connectivity index (χ0) is 15.9. The third-order valence-electron chi connectivity index (χ3n) is 4.07. The molecule has 1 aliphatic carbocycles. The van der Waals surface area contributed by atoms with Crippen LogP contribution in [0.4, 0.5) is 0 Å². The van der Waals surface area contributed by atoms with Crippen molar-refractivity contribution in [2.24, 2.45) is 0 Å². The molecule has 0 N–H and O–H groups in total. The predicted octanol–water partition coefficient (Wildman–Crippen LogP) is 2.51. The molecular formula is C17H20N2O3. The standard InChI is InChI=1S/C17H20N2O3/c1-19(15-8-3-2-4-9-15)16(20)12-22-17(21)14-7-5-6-13(10-14)11-18/h5-7,10,15H,2-4,8-9,12H2,1H3. The summed E-state index contributed by atoms with van der Waals surface area (Å²) in [5.41, 5.74) is 0.673. The van der Waals surface area contributed by atoms with E-state index >= 15 is 0 Å². The van der Waals surface area contributed by atoms with Crippen LogP contribution in [-0.2, 0) is 9.53 Å². The van der Waals surface area contributed by atoms with Crippen molar-refractivity contribution in [3.8, 4) is 6.07 Å². The van der Waals surface area contributed by atoms with Crippen molar-refractivity contribution in [2.75, 3.05) is 13.7 Å². The molecular weight excluding hydrogens is 280 g/mol. The van der Waals surface area contributed by atoms with Crippen molar-refractivity contribution in [1.29, 1.82) is 5.26 Å². The second-order valence-electron chi connectivity index (χ2n) is 5.57. The van der Waals surface area contributed by atoms with Gasteiger partial charge in [-0.1, -0.05) is 25.3 Å². The average molecular weight is 300 g/mol. The normalized spacial score (nSPS) is 14.9. The Kier molecular flexibility index (Phi) is 5.54. The Bertz CT molecular complexity index is 586. The Morgan fingerprint density at radius 2 is 2.05 bits per heavy atom. The van der Waals surface area contributed by atoms with Gasteiger partial charge in [0.2, 0.25) is 0 Å². The number of nitriles is 1. The lowest BCUT2D eigenvalue weighted by molar-refractivity contribution is -0.135. The van der Waals surface area contributed by atoms with Gasteiger partial charge >= 0.3 is 5.97 Å². The first kappa shape index (κ1) is 16.0. The predicted molar refractivity (Wildman–Crippen MR) is 81.1 cm³/mol. The lowest BCUT2D eigenvalue weighted by Gasteiger charge is -2.31. The van der Waals surface area contributed by atoms with Crippen LogP contribution >= 0.6 is 0 Å². The topological polar surface area (TPSA) is 70.4 Å². The Morgan fingerprint density at radius 3 is 2.73 bits per heavy atom. The van der Waals surface area contributed by atoms with Gasteiger partial charge < -0.3 is 9.64 Å². The molecule has 1 aliphatic rings. The summed E-state index contributed by atoms with van der Waals surface area (Å²) in [5.74, 6) is -0.765. The van der Waals surface area contributed by atoms with E-state index in [1.165, 1.54) is 12.5 Å². The van der Waals surface area contributed by atoms with Crippen LogP contribution in [0, 0.1) is 11.3 Å². The molecule has 1 aromatic carbocycles. The molecule has 0 radical (unpaired) electrons. The van der Waals surface area contributed by atoms with E-state index in [0.29, 0.717) is 5.56 Å². The molecule has 1 amide bonds. The highest BCUT2D eigenvalue weighted by molar-refractivity contribution is 5.91. The summed E-state index contributed by atoms with van der Waals surface area (Å²) >= 11 is 0. The molecule has 22 heavy (non-hydrogen) atoms. The maximum atomic E-state index is 12.1. The van der Waals surface area contributed by atoms with Crippen LogP contribution in [0.15, 0.2) is 24.3 Å². The molecule has 1 aromatic rings. The molecule has 5 nitrogen and oxygen atoms in total. The summed E-state index contributed by atoms with van der Waals surface area (Å²) in [5, 5.41) is 8.82. The van der Waals surface area contributed by atoms with E-state index in [-0.39, 0.29) is 24.1 Å². The fourth-order valence-electron chi connectivity index (χ4n) is 2.70. The zero-order valence-corrected chi connectivity index (χ0v) is 12.7. The minimum Gasteiger partial charge on any atom is -0.452 e. The van der Waals surface area contributed by atoms with E-state index in [9.17, 15) is 9.59 Å². The van der Waals surface area contributed by atoms with Crippen LogP contribution in [0.5, 0.6) is 0 Å². The van der Waals surface area contributed by atoms with Crippen molar-refractivity contribution < 1.29 is 14.3 Å². The van der Waals surface area contributed by atoms with Crippen LogP contribution in [0.3, 0.4) is 0 Å². The van der Waals surface area contributed by atoms with Gasteiger partial charge in [0, 0.05) is 13.1 Å². The highest BCUT2D eigenvalue weighted by atomic mass is 16.5. The Labute approximate surface area is 130 Å². The minimum absolute atomic E-state index is 0.184. The highest BCUT2D eigenvalue weighted by Crippen LogP contribution is 2.21. The number of hydrogen-bond acceptors (Lipinski definition) is 4. The third kappa shape index (κ3) is 4.08. The number of likely N-dealkylation sites (N-methyl/N-ethyl adjacent to an activating group) is 1. The molecule has 0 unspecified atom stereocenters. The minimum atomic E-state index is -0.581. The van der Waals surface area contributed by atoms with E-state index in [4.69, 9.17) is 10.00 Å². The third-order valence-corrected chi connectivity index (χ3v) is 4.07. The van der Waals surface area contributed by atoms with Crippen molar-refractivity contribution in [3.63, 3.8) is 0 Å². The lowest BCUT2D eigenvalue weighted by atomic mass is 9.94. The summed E-state index contributed by atoms with van der Waals surface area (Å²) in [6.45, 7) is -0.261. The number of amides is 1. The molecule has 5 heteroatoms. The van der Waals surface area contributed by atoms with Crippen LogP contribution in [0.1, 0.15) is 48.0 Å². The largest absolute Gasteiger partial charge is 0.452 e. The Morgan fingerprint density at radius 1 is 1.32 bits per heavy atom. The van der Waals surface area contributed by atoms with Crippen LogP contribution in [0.25, 0.3) is 0 Å². The molecule has 116 valence electrons. The summed E-state index contributed by atoms with van der Waals surface area (Å²) < 4.78 is 5.06. The summed E-state index contributed by atoms with van der Waals surface area (Å²) in [4.78, 5) is 25.7. The van der Waals surface area contributed by atoms with E-state index < -0.39 is 5.97 Å². The Balaban J connectivity index is 1.87. The van der Waals surface area contributed by atoms with Crippen LogP contribution < -0.4 is 0 Å². The first-order chi connectivity index (χ1) is 10.6.